The largest absolute Gasteiger partial charge is 0.508 e. The standard InChI is InChI=1S/C26H24N2O2/c1-28(17-16-19-8-3-2-4-9-19)25-15-14-23(22-12-5-6-13-24(22)30)26(27-25)20-10-7-11-21(29)18-20/h2-15,18,29-30H,16-17H2,1H3. The van der Waals surface area contributed by atoms with Gasteiger partial charge in [-0.3, -0.25) is 0 Å². The molecule has 0 aliphatic heterocycles. The third-order valence-corrected chi connectivity index (χ3v) is 5.16. The number of benzene rings is 3. The van der Waals surface area contributed by atoms with Crippen molar-refractivity contribution in [2.45, 2.75) is 6.42 Å². The second kappa shape index (κ2) is 8.70. The van der Waals surface area contributed by atoms with Gasteiger partial charge in [-0.2, -0.15) is 0 Å². The van der Waals surface area contributed by atoms with E-state index in [9.17, 15) is 10.2 Å². The van der Waals surface area contributed by atoms with E-state index in [1.807, 2.05) is 43.4 Å². The quantitative estimate of drug-likeness (QED) is 0.451. The third-order valence-electron chi connectivity index (χ3n) is 5.16. The van der Waals surface area contributed by atoms with Crippen LogP contribution in [-0.2, 0) is 6.42 Å². The number of hydrogen-bond acceptors (Lipinski definition) is 4. The Morgan fingerprint density at radius 2 is 1.53 bits per heavy atom. The predicted molar refractivity (Wildman–Crippen MR) is 122 cm³/mol. The molecule has 0 atom stereocenters. The van der Waals surface area contributed by atoms with Crippen LogP contribution in [0.15, 0.2) is 91.0 Å². The monoisotopic (exact) mass is 396 g/mol. The lowest BCUT2D eigenvalue weighted by Crippen LogP contribution is -2.21. The van der Waals surface area contributed by atoms with Crippen LogP contribution in [0.1, 0.15) is 5.56 Å². The number of aromatic hydroxyl groups is 2. The number of phenols is 2. The fourth-order valence-electron chi connectivity index (χ4n) is 3.51. The van der Waals surface area contributed by atoms with Crippen LogP contribution in [0.3, 0.4) is 0 Å². The maximum absolute atomic E-state index is 10.4. The smallest absolute Gasteiger partial charge is 0.129 e. The van der Waals surface area contributed by atoms with E-state index in [1.165, 1.54) is 5.56 Å². The summed E-state index contributed by atoms with van der Waals surface area (Å²) >= 11 is 0. The van der Waals surface area contributed by atoms with Gasteiger partial charge in [0.1, 0.15) is 17.3 Å². The molecule has 0 amide bonds. The maximum atomic E-state index is 10.4. The van der Waals surface area contributed by atoms with Crippen molar-refractivity contribution in [1.82, 2.24) is 4.98 Å². The first-order valence-corrected chi connectivity index (χ1v) is 9.96. The fraction of sp³-hybridized carbons (Fsp3) is 0.115. The first-order valence-electron chi connectivity index (χ1n) is 9.96. The lowest BCUT2D eigenvalue weighted by molar-refractivity contribution is 0.475. The van der Waals surface area contributed by atoms with Gasteiger partial charge in [0, 0.05) is 30.3 Å². The van der Waals surface area contributed by atoms with E-state index in [-0.39, 0.29) is 11.5 Å². The second-order valence-corrected chi connectivity index (χ2v) is 7.29. The summed E-state index contributed by atoms with van der Waals surface area (Å²) in [5, 5.41) is 20.4. The summed E-state index contributed by atoms with van der Waals surface area (Å²) in [6, 6.07) is 28.6. The van der Waals surface area contributed by atoms with Crippen LogP contribution in [0.2, 0.25) is 0 Å². The highest BCUT2D eigenvalue weighted by Crippen LogP contribution is 2.37. The lowest BCUT2D eigenvalue weighted by Gasteiger charge is -2.21. The van der Waals surface area contributed by atoms with Crippen LogP contribution < -0.4 is 4.90 Å². The van der Waals surface area contributed by atoms with Crippen LogP contribution in [-0.4, -0.2) is 28.8 Å². The molecular weight excluding hydrogens is 372 g/mol. The zero-order valence-corrected chi connectivity index (χ0v) is 16.9. The first-order chi connectivity index (χ1) is 14.6. The number of rotatable bonds is 6. The number of phenolic OH excluding ortho intramolecular Hbond substituents is 2. The number of likely N-dealkylation sites (N-methyl/N-ethyl adjacent to an activating group) is 1. The second-order valence-electron chi connectivity index (χ2n) is 7.29. The predicted octanol–water partition coefficient (Wildman–Crippen LogP) is 5.51. The van der Waals surface area contributed by atoms with Gasteiger partial charge in [0.15, 0.2) is 0 Å². The molecule has 4 aromatic rings. The molecule has 4 nitrogen and oxygen atoms in total. The van der Waals surface area contributed by atoms with E-state index in [0.717, 1.165) is 35.6 Å². The summed E-state index contributed by atoms with van der Waals surface area (Å²) in [6.07, 6.45) is 0.918. The Kier molecular flexibility index (Phi) is 5.66. The van der Waals surface area contributed by atoms with Gasteiger partial charge in [-0.25, -0.2) is 4.98 Å². The van der Waals surface area contributed by atoms with Crippen LogP contribution in [0, 0.1) is 0 Å². The number of pyridine rings is 1. The molecule has 0 radical (unpaired) electrons. The van der Waals surface area contributed by atoms with Crippen LogP contribution >= 0.6 is 0 Å². The van der Waals surface area contributed by atoms with E-state index >= 15 is 0 Å². The average Bonchev–Trinajstić information content (AvgIpc) is 2.78. The van der Waals surface area contributed by atoms with E-state index in [4.69, 9.17) is 4.98 Å². The lowest BCUT2D eigenvalue weighted by atomic mass is 9.98. The molecule has 0 aliphatic rings. The van der Waals surface area contributed by atoms with Crippen LogP contribution in [0.5, 0.6) is 11.5 Å². The van der Waals surface area contributed by atoms with Gasteiger partial charge < -0.3 is 15.1 Å². The summed E-state index contributed by atoms with van der Waals surface area (Å²) in [5.74, 6) is 1.22. The Hall–Kier alpha value is -3.79. The topological polar surface area (TPSA) is 56.6 Å². The van der Waals surface area contributed by atoms with Crippen LogP contribution in [0.4, 0.5) is 5.82 Å². The zero-order chi connectivity index (χ0) is 20.9. The molecule has 30 heavy (non-hydrogen) atoms. The van der Waals surface area contributed by atoms with Gasteiger partial charge in [0.25, 0.3) is 0 Å². The third kappa shape index (κ3) is 4.28. The number of aromatic nitrogens is 1. The Morgan fingerprint density at radius 3 is 2.30 bits per heavy atom. The highest BCUT2D eigenvalue weighted by Gasteiger charge is 2.15. The SMILES string of the molecule is CN(CCc1ccccc1)c1ccc(-c2ccccc2O)c(-c2cccc(O)c2)n1. The molecule has 3 aromatic carbocycles. The summed E-state index contributed by atoms with van der Waals surface area (Å²) in [5.41, 5.74) is 4.33. The van der Waals surface area contributed by atoms with E-state index in [2.05, 4.69) is 29.2 Å². The Bertz CT molecular complexity index is 1140. The number of para-hydroxylation sites is 1. The molecule has 4 heteroatoms. The Balaban J connectivity index is 1.71. The molecule has 0 saturated carbocycles. The molecule has 0 saturated heterocycles. The van der Waals surface area contributed by atoms with Crippen molar-refractivity contribution in [1.29, 1.82) is 0 Å². The summed E-state index contributed by atoms with van der Waals surface area (Å²) in [4.78, 5) is 7.04. The van der Waals surface area contributed by atoms with Crippen molar-refractivity contribution in [2.75, 3.05) is 18.5 Å². The molecule has 0 spiro atoms. The summed E-state index contributed by atoms with van der Waals surface area (Å²) < 4.78 is 0. The van der Waals surface area contributed by atoms with Crippen molar-refractivity contribution < 1.29 is 10.2 Å². The van der Waals surface area contributed by atoms with Gasteiger partial charge in [-0.05, 0) is 42.3 Å². The molecule has 0 fully saturated rings. The van der Waals surface area contributed by atoms with Crippen molar-refractivity contribution in [3.05, 3.63) is 96.6 Å². The highest BCUT2D eigenvalue weighted by molar-refractivity contribution is 5.85. The average molecular weight is 396 g/mol. The Morgan fingerprint density at radius 1 is 0.767 bits per heavy atom. The Labute approximate surface area is 176 Å². The number of hydrogen-bond donors (Lipinski definition) is 2. The van der Waals surface area contributed by atoms with Gasteiger partial charge >= 0.3 is 0 Å². The van der Waals surface area contributed by atoms with Gasteiger partial charge in [-0.15, -0.1) is 0 Å². The molecule has 2 N–H and O–H groups in total. The summed E-state index contributed by atoms with van der Waals surface area (Å²) in [7, 11) is 2.02. The fourth-order valence-corrected chi connectivity index (χ4v) is 3.51. The molecule has 0 aliphatic carbocycles. The molecule has 0 unspecified atom stereocenters. The normalized spacial score (nSPS) is 10.7. The number of anilines is 1. The minimum Gasteiger partial charge on any atom is -0.508 e. The maximum Gasteiger partial charge on any atom is 0.129 e. The molecule has 0 bridgehead atoms. The van der Waals surface area contributed by atoms with Gasteiger partial charge in [-0.1, -0.05) is 60.7 Å². The highest BCUT2D eigenvalue weighted by atomic mass is 16.3. The summed E-state index contributed by atoms with van der Waals surface area (Å²) in [6.45, 7) is 0.826. The molecular formula is C26H24N2O2. The van der Waals surface area contributed by atoms with E-state index < -0.39 is 0 Å². The zero-order valence-electron chi connectivity index (χ0n) is 16.9. The molecule has 150 valence electrons. The van der Waals surface area contributed by atoms with Crippen molar-refractivity contribution in [3.8, 4) is 33.9 Å². The first kappa shape index (κ1) is 19.5. The molecule has 1 aromatic heterocycles. The minimum atomic E-state index is 0.181. The van der Waals surface area contributed by atoms with E-state index in [0.29, 0.717) is 5.56 Å². The van der Waals surface area contributed by atoms with Crippen molar-refractivity contribution in [3.63, 3.8) is 0 Å². The molecule has 4 rings (SSSR count). The van der Waals surface area contributed by atoms with Gasteiger partial charge in [0.05, 0.1) is 5.69 Å². The molecule has 1 heterocycles. The van der Waals surface area contributed by atoms with Crippen LogP contribution in [0.25, 0.3) is 22.4 Å². The minimum absolute atomic E-state index is 0.181. The van der Waals surface area contributed by atoms with Crippen molar-refractivity contribution in [2.24, 2.45) is 0 Å². The number of nitrogens with zero attached hydrogens (tertiary/aromatic N) is 2. The van der Waals surface area contributed by atoms with E-state index in [1.54, 1.807) is 30.3 Å². The van der Waals surface area contributed by atoms with Gasteiger partial charge in [0.2, 0.25) is 0 Å². The van der Waals surface area contributed by atoms with Crippen molar-refractivity contribution >= 4 is 5.82 Å².